The molecule has 2 amide bonds. The van der Waals surface area contributed by atoms with Gasteiger partial charge in [0.2, 0.25) is 5.91 Å². The summed E-state index contributed by atoms with van der Waals surface area (Å²) < 4.78 is 14.8. The molecule has 0 spiro atoms. The first kappa shape index (κ1) is 23.9. The van der Waals surface area contributed by atoms with E-state index in [-0.39, 0.29) is 26.0 Å². The molecule has 1 rings (SSSR count). The number of rotatable bonds is 9. The fourth-order valence-corrected chi connectivity index (χ4v) is 2.15. The molecule has 0 aliphatic heterocycles. The highest BCUT2D eigenvalue weighted by Crippen LogP contribution is 2.09. The van der Waals surface area contributed by atoms with Crippen LogP contribution in [-0.2, 0) is 35.2 Å². The van der Waals surface area contributed by atoms with Crippen molar-refractivity contribution >= 4 is 23.9 Å². The Morgan fingerprint density at radius 2 is 1.69 bits per heavy atom. The number of esters is 2. The van der Waals surface area contributed by atoms with Gasteiger partial charge in [0.15, 0.2) is 0 Å². The van der Waals surface area contributed by atoms with Gasteiger partial charge >= 0.3 is 18.0 Å². The van der Waals surface area contributed by atoms with Crippen molar-refractivity contribution in [3.63, 3.8) is 0 Å². The molecule has 9 heteroatoms. The lowest BCUT2D eigenvalue weighted by atomic mass is 10.1. The van der Waals surface area contributed by atoms with Gasteiger partial charge in [-0.3, -0.25) is 14.4 Å². The lowest BCUT2D eigenvalue weighted by molar-refractivity contribution is -0.145. The first-order chi connectivity index (χ1) is 13.6. The van der Waals surface area contributed by atoms with Gasteiger partial charge in [0.25, 0.3) is 0 Å². The summed E-state index contributed by atoms with van der Waals surface area (Å²) in [5.41, 5.74) is 0.0752. The molecule has 160 valence electrons. The number of nitrogens with one attached hydrogen (secondary N) is 2. The highest BCUT2D eigenvalue weighted by Gasteiger charge is 2.25. The first-order valence-electron chi connectivity index (χ1n) is 9.14. The Bertz CT molecular complexity index is 699. The number of carbonyl (C=O) groups is 4. The summed E-state index contributed by atoms with van der Waals surface area (Å²) in [6.07, 6.45) is -0.952. The molecule has 0 saturated carbocycles. The summed E-state index contributed by atoms with van der Waals surface area (Å²) in [5.74, 6) is -1.81. The minimum atomic E-state index is -1.08. The molecule has 29 heavy (non-hydrogen) atoms. The van der Waals surface area contributed by atoms with E-state index in [4.69, 9.17) is 9.47 Å². The zero-order valence-corrected chi connectivity index (χ0v) is 17.2. The van der Waals surface area contributed by atoms with Crippen LogP contribution in [0.25, 0.3) is 0 Å². The highest BCUT2D eigenvalue weighted by atomic mass is 16.6. The van der Waals surface area contributed by atoms with Gasteiger partial charge in [-0.25, -0.2) is 4.79 Å². The molecule has 0 aliphatic rings. The van der Waals surface area contributed by atoms with Crippen molar-refractivity contribution in [2.75, 3.05) is 13.7 Å². The van der Waals surface area contributed by atoms with E-state index >= 15 is 0 Å². The Balaban J connectivity index is 2.61. The van der Waals surface area contributed by atoms with E-state index < -0.39 is 35.6 Å². The van der Waals surface area contributed by atoms with Crippen molar-refractivity contribution in [2.24, 2.45) is 0 Å². The standard InChI is InChI=1S/C20H28N2O7/c1-20(2,3)29-19(26)22-15(18(25)21-12-17(24)27-4)10-11-16(23)28-13-14-8-6-5-7-9-14/h5-9,15H,10-13H2,1-4H3,(H,21,25)(H,22,26). The lowest BCUT2D eigenvalue weighted by Gasteiger charge is -2.23. The Morgan fingerprint density at radius 1 is 1.03 bits per heavy atom. The molecule has 0 heterocycles. The SMILES string of the molecule is COC(=O)CNC(=O)C(CCC(=O)OCc1ccccc1)NC(=O)OC(C)(C)C. The molecule has 0 fully saturated rings. The molecule has 0 bridgehead atoms. The van der Waals surface area contributed by atoms with Gasteiger partial charge in [0, 0.05) is 6.42 Å². The lowest BCUT2D eigenvalue weighted by Crippen LogP contribution is -2.49. The number of benzene rings is 1. The van der Waals surface area contributed by atoms with Crippen molar-refractivity contribution in [3.05, 3.63) is 35.9 Å². The van der Waals surface area contributed by atoms with Crippen LogP contribution in [0.1, 0.15) is 39.2 Å². The second kappa shape index (κ2) is 11.7. The maximum atomic E-state index is 12.3. The Kier molecular flexibility index (Phi) is 9.64. The fourth-order valence-electron chi connectivity index (χ4n) is 2.15. The summed E-state index contributed by atoms with van der Waals surface area (Å²) in [4.78, 5) is 47.5. The molecular weight excluding hydrogens is 380 g/mol. The Morgan fingerprint density at radius 3 is 2.28 bits per heavy atom. The largest absolute Gasteiger partial charge is 0.468 e. The van der Waals surface area contributed by atoms with Crippen molar-refractivity contribution in [1.82, 2.24) is 10.6 Å². The molecule has 2 N–H and O–H groups in total. The molecule has 0 aliphatic carbocycles. The maximum absolute atomic E-state index is 12.3. The van der Waals surface area contributed by atoms with Gasteiger partial charge < -0.3 is 24.8 Å². The number of methoxy groups -OCH3 is 1. The smallest absolute Gasteiger partial charge is 0.408 e. The number of carbonyl (C=O) groups excluding carboxylic acids is 4. The van der Waals surface area contributed by atoms with Crippen molar-refractivity contribution < 1.29 is 33.4 Å². The highest BCUT2D eigenvalue weighted by molar-refractivity contribution is 5.88. The van der Waals surface area contributed by atoms with Crippen LogP contribution in [-0.4, -0.2) is 49.2 Å². The van der Waals surface area contributed by atoms with Gasteiger partial charge in [-0.05, 0) is 32.8 Å². The van der Waals surface area contributed by atoms with Crippen molar-refractivity contribution in [2.45, 2.75) is 51.9 Å². The molecule has 1 unspecified atom stereocenters. The van der Waals surface area contributed by atoms with E-state index in [1.165, 1.54) is 7.11 Å². The zero-order valence-electron chi connectivity index (χ0n) is 17.2. The first-order valence-corrected chi connectivity index (χ1v) is 9.14. The number of amides is 2. The third-order valence-electron chi connectivity index (χ3n) is 3.52. The van der Waals surface area contributed by atoms with Crippen LogP contribution in [0.5, 0.6) is 0 Å². The van der Waals surface area contributed by atoms with Crippen LogP contribution in [0.3, 0.4) is 0 Å². The van der Waals surface area contributed by atoms with Gasteiger partial charge in [0.05, 0.1) is 7.11 Å². The molecule has 1 aromatic carbocycles. The Hall–Kier alpha value is -3.10. The molecule has 0 radical (unpaired) electrons. The van der Waals surface area contributed by atoms with E-state index in [0.717, 1.165) is 5.56 Å². The predicted octanol–water partition coefficient (Wildman–Crippen LogP) is 1.69. The number of hydrogen-bond acceptors (Lipinski definition) is 7. The third kappa shape index (κ3) is 10.7. The molecule has 1 atom stereocenters. The second-order valence-electron chi connectivity index (χ2n) is 7.18. The normalized spacial score (nSPS) is 11.7. The van der Waals surface area contributed by atoms with E-state index in [0.29, 0.717) is 0 Å². The summed E-state index contributed by atoms with van der Waals surface area (Å²) in [7, 11) is 1.19. The zero-order chi connectivity index (χ0) is 21.9. The summed E-state index contributed by atoms with van der Waals surface area (Å²) in [6.45, 7) is 4.79. The molecule has 0 saturated heterocycles. The van der Waals surface area contributed by atoms with Crippen LogP contribution in [0.2, 0.25) is 0 Å². The van der Waals surface area contributed by atoms with Crippen LogP contribution in [0.4, 0.5) is 4.79 Å². The Labute approximate surface area is 170 Å². The molecule has 9 nitrogen and oxygen atoms in total. The van der Waals surface area contributed by atoms with E-state index in [1.54, 1.807) is 20.8 Å². The van der Waals surface area contributed by atoms with Gasteiger partial charge in [-0.1, -0.05) is 30.3 Å². The van der Waals surface area contributed by atoms with E-state index in [9.17, 15) is 19.2 Å². The average molecular weight is 408 g/mol. The number of ether oxygens (including phenoxy) is 3. The number of alkyl carbamates (subject to hydrolysis) is 1. The minimum absolute atomic E-state index is 0.0279. The monoisotopic (exact) mass is 408 g/mol. The van der Waals surface area contributed by atoms with E-state index in [1.807, 2.05) is 30.3 Å². The van der Waals surface area contributed by atoms with Crippen LogP contribution < -0.4 is 10.6 Å². The second-order valence-corrected chi connectivity index (χ2v) is 7.18. The summed E-state index contributed by atoms with van der Waals surface area (Å²) in [5, 5.41) is 4.76. The van der Waals surface area contributed by atoms with Crippen molar-refractivity contribution in [3.8, 4) is 0 Å². The molecular formula is C20H28N2O7. The van der Waals surface area contributed by atoms with Crippen LogP contribution in [0, 0.1) is 0 Å². The van der Waals surface area contributed by atoms with E-state index in [2.05, 4.69) is 15.4 Å². The summed E-state index contributed by atoms with van der Waals surface area (Å²) in [6, 6.07) is 8.07. The van der Waals surface area contributed by atoms with Gasteiger partial charge in [-0.15, -0.1) is 0 Å². The number of hydrogen-bond donors (Lipinski definition) is 2. The third-order valence-corrected chi connectivity index (χ3v) is 3.52. The summed E-state index contributed by atoms with van der Waals surface area (Å²) >= 11 is 0. The quantitative estimate of drug-likeness (QED) is 0.471. The average Bonchev–Trinajstić information content (AvgIpc) is 2.66. The van der Waals surface area contributed by atoms with Gasteiger partial charge in [-0.2, -0.15) is 0 Å². The minimum Gasteiger partial charge on any atom is -0.468 e. The van der Waals surface area contributed by atoms with Crippen LogP contribution in [0.15, 0.2) is 30.3 Å². The molecule has 0 aromatic heterocycles. The topological polar surface area (TPSA) is 120 Å². The maximum Gasteiger partial charge on any atom is 0.408 e. The fraction of sp³-hybridized carbons (Fsp3) is 0.500. The van der Waals surface area contributed by atoms with Crippen LogP contribution >= 0.6 is 0 Å². The molecule has 1 aromatic rings. The van der Waals surface area contributed by atoms with Crippen molar-refractivity contribution in [1.29, 1.82) is 0 Å². The van der Waals surface area contributed by atoms with Gasteiger partial charge in [0.1, 0.15) is 24.8 Å². The predicted molar refractivity (Wildman–Crippen MR) is 104 cm³/mol.